The molecule has 2 unspecified atom stereocenters. The van der Waals surface area contributed by atoms with E-state index in [-0.39, 0.29) is 17.9 Å². The summed E-state index contributed by atoms with van der Waals surface area (Å²) in [6, 6.07) is 21.4. The molecule has 1 amide bonds. The molecule has 2 heterocycles. The molecule has 31 heavy (non-hydrogen) atoms. The molecular formula is C25H26N4O2. The molecule has 0 fully saturated rings. The minimum absolute atomic E-state index is 0.0428. The number of hydrogen-bond acceptors (Lipinski definition) is 5. The van der Waals surface area contributed by atoms with Crippen LogP contribution in [0.1, 0.15) is 40.1 Å². The van der Waals surface area contributed by atoms with Gasteiger partial charge in [0.2, 0.25) is 0 Å². The van der Waals surface area contributed by atoms with Crippen LogP contribution in [0.5, 0.6) is 5.75 Å². The van der Waals surface area contributed by atoms with Crippen molar-refractivity contribution in [2.75, 3.05) is 13.7 Å². The van der Waals surface area contributed by atoms with Crippen LogP contribution in [0.4, 0.5) is 0 Å². The van der Waals surface area contributed by atoms with Gasteiger partial charge in [-0.2, -0.15) is 5.10 Å². The zero-order valence-electron chi connectivity index (χ0n) is 17.7. The molecule has 4 rings (SSSR count). The second kappa shape index (κ2) is 9.43. The topological polar surface area (TPSA) is 75.6 Å². The molecule has 0 saturated carbocycles. The molecule has 0 aliphatic carbocycles. The molecule has 1 aliphatic rings. The van der Waals surface area contributed by atoms with E-state index in [0.29, 0.717) is 18.5 Å². The number of hydrazone groups is 1. The third kappa shape index (κ3) is 4.58. The van der Waals surface area contributed by atoms with Gasteiger partial charge in [0.05, 0.1) is 18.9 Å². The first kappa shape index (κ1) is 20.6. The largest absolute Gasteiger partial charge is 0.497 e. The number of nitrogens with one attached hydrogen (secondary N) is 2. The third-order valence-corrected chi connectivity index (χ3v) is 5.57. The Morgan fingerprint density at radius 2 is 1.84 bits per heavy atom. The molecule has 2 aromatic carbocycles. The maximum atomic E-state index is 12.9. The standard InChI is InChI=1S/C25H26N4O2/c1-17-23(18-10-12-20(31-2)13-11-18)28-29-24(17)21-8-3-4-9-22(21)25(30)27-16-14-19-7-5-6-15-26-19/h3-13,15,17,23,28H,14,16H2,1-2H3,(H,27,30). The zero-order chi connectivity index (χ0) is 21.6. The Labute approximate surface area is 182 Å². The summed E-state index contributed by atoms with van der Waals surface area (Å²) in [4.78, 5) is 17.2. The minimum Gasteiger partial charge on any atom is -0.497 e. The van der Waals surface area contributed by atoms with Crippen LogP contribution >= 0.6 is 0 Å². The fourth-order valence-electron chi connectivity index (χ4n) is 3.84. The molecule has 1 aromatic heterocycles. The van der Waals surface area contributed by atoms with Gasteiger partial charge in [-0.1, -0.05) is 43.3 Å². The number of amides is 1. The van der Waals surface area contributed by atoms with Crippen molar-refractivity contribution in [3.05, 3.63) is 95.3 Å². The smallest absolute Gasteiger partial charge is 0.251 e. The average Bonchev–Trinajstić information content (AvgIpc) is 3.20. The van der Waals surface area contributed by atoms with Crippen LogP contribution in [0.15, 0.2) is 78.0 Å². The van der Waals surface area contributed by atoms with Gasteiger partial charge in [0.1, 0.15) is 5.75 Å². The summed E-state index contributed by atoms with van der Waals surface area (Å²) in [5, 5.41) is 7.62. The highest BCUT2D eigenvalue weighted by atomic mass is 16.5. The normalized spacial score (nSPS) is 17.5. The summed E-state index contributed by atoms with van der Waals surface area (Å²) >= 11 is 0. The van der Waals surface area contributed by atoms with Crippen LogP contribution in [-0.2, 0) is 6.42 Å². The van der Waals surface area contributed by atoms with Gasteiger partial charge in [-0.05, 0) is 35.9 Å². The van der Waals surface area contributed by atoms with Crippen molar-refractivity contribution in [3.63, 3.8) is 0 Å². The summed E-state index contributed by atoms with van der Waals surface area (Å²) < 4.78 is 5.25. The van der Waals surface area contributed by atoms with Crippen LogP contribution in [0.3, 0.4) is 0 Å². The fraction of sp³-hybridized carbons (Fsp3) is 0.240. The number of rotatable bonds is 7. The van der Waals surface area contributed by atoms with Crippen molar-refractivity contribution in [2.45, 2.75) is 19.4 Å². The summed E-state index contributed by atoms with van der Waals surface area (Å²) in [5.74, 6) is 0.827. The monoisotopic (exact) mass is 414 g/mol. The third-order valence-electron chi connectivity index (χ3n) is 5.57. The van der Waals surface area contributed by atoms with Gasteiger partial charge >= 0.3 is 0 Å². The lowest BCUT2D eigenvalue weighted by atomic mass is 9.87. The van der Waals surface area contributed by atoms with Crippen LogP contribution in [0, 0.1) is 5.92 Å². The van der Waals surface area contributed by atoms with Crippen molar-refractivity contribution in [3.8, 4) is 5.75 Å². The van der Waals surface area contributed by atoms with Gasteiger partial charge in [0, 0.05) is 41.9 Å². The first-order chi connectivity index (χ1) is 15.2. The van der Waals surface area contributed by atoms with E-state index in [9.17, 15) is 4.79 Å². The molecular weight excluding hydrogens is 388 g/mol. The van der Waals surface area contributed by atoms with Crippen LogP contribution in [0.2, 0.25) is 0 Å². The lowest BCUT2D eigenvalue weighted by molar-refractivity contribution is 0.0954. The maximum absolute atomic E-state index is 12.9. The molecule has 2 N–H and O–H groups in total. The fourth-order valence-corrected chi connectivity index (χ4v) is 3.84. The van der Waals surface area contributed by atoms with E-state index < -0.39 is 0 Å². The Morgan fingerprint density at radius 1 is 1.06 bits per heavy atom. The van der Waals surface area contributed by atoms with E-state index >= 15 is 0 Å². The number of pyridine rings is 1. The first-order valence-electron chi connectivity index (χ1n) is 10.4. The number of methoxy groups -OCH3 is 1. The molecule has 0 spiro atoms. The number of aromatic nitrogens is 1. The predicted molar refractivity (Wildman–Crippen MR) is 121 cm³/mol. The summed E-state index contributed by atoms with van der Waals surface area (Å²) in [6.07, 6.45) is 2.45. The second-order valence-electron chi connectivity index (χ2n) is 7.54. The number of carbonyl (C=O) groups excluding carboxylic acids is 1. The molecule has 0 radical (unpaired) electrons. The highest BCUT2D eigenvalue weighted by Crippen LogP contribution is 2.32. The predicted octanol–water partition coefficient (Wildman–Crippen LogP) is 3.75. The lowest BCUT2D eigenvalue weighted by Crippen LogP contribution is -2.28. The highest BCUT2D eigenvalue weighted by molar-refractivity contribution is 6.11. The summed E-state index contributed by atoms with van der Waals surface area (Å²) in [7, 11) is 1.66. The number of nitrogens with zero attached hydrogens (tertiary/aromatic N) is 2. The molecule has 6 heteroatoms. The number of ether oxygens (including phenoxy) is 1. The highest BCUT2D eigenvalue weighted by Gasteiger charge is 2.31. The van der Waals surface area contributed by atoms with Crippen molar-refractivity contribution < 1.29 is 9.53 Å². The number of hydrogen-bond donors (Lipinski definition) is 2. The van der Waals surface area contributed by atoms with E-state index in [2.05, 4.69) is 27.8 Å². The first-order valence-corrected chi connectivity index (χ1v) is 10.4. The minimum atomic E-state index is -0.102. The summed E-state index contributed by atoms with van der Waals surface area (Å²) in [6.45, 7) is 2.66. The van der Waals surface area contributed by atoms with Crippen molar-refractivity contribution in [1.82, 2.24) is 15.7 Å². The van der Waals surface area contributed by atoms with Crippen molar-refractivity contribution in [1.29, 1.82) is 0 Å². The Morgan fingerprint density at radius 3 is 2.58 bits per heavy atom. The van der Waals surface area contributed by atoms with Crippen molar-refractivity contribution in [2.24, 2.45) is 11.0 Å². The molecule has 2 atom stereocenters. The summed E-state index contributed by atoms with van der Waals surface area (Å²) in [5.41, 5.74) is 7.70. The second-order valence-corrected chi connectivity index (χ2v) is 7.54. The van der Waals surface area contributed by atoms with Gasteiger partial charge < -0.3 is 15.5 Å². The Balaban J connectivity index is 1.46. The van der Waals surface area contributed by atoms with Crippen LogP contribution < -0.4 is 15.5 Å². The maximum Gasteiger partial charge on any atom is 0.251 e. The molecule has 3 aromatic rings. The Kier molecular flexibility index (Phi) is 6.26. The van der Waals surface area contributed by atoms with Gasteiger partial charge in [0.25, 0.3) is 5.91 Å². The SMILES string of the molecule is COc1ccc(C2NN=C(c3ccccc3C(=O)NCCc3ccccn3)C2C)cc1. The van der Waals surface area contributed by atoms with E-state index in [1.165, 1.54) is 0 Å². The Bertz CT molecular complexity index is 1060. The molecule has 6 nitrogen and oxygen atoms in total. The van der Waals surface area contributed by atoms with Gasteiger partial charge in [-0.3, -0.25) is 9.78 Å². The van der Waals surface area contributed by atoms with Crippen LogP contribution in [0.25, 0.3) is 0 Å². The molecule has 0 bridgehead atoms. The molecule has 1 aliphatic heterocycles. The number of carbonyl (C=O) groups is 1. The molecule has 158 valence electrons. The van der Waals surface area contributed by atoms with E-state index in [1.807, 2.05) is 66.7 Å². The lowest BCUT2D eigenvalue weighted by Gasteiger charge is -2.18. The van der Waals surface area contributed by atoms with E-state index in [1.54, 1.807) is 13.3 Å². The average molecular weight is 415 g/mol. The Hall–Kier alpha value is -3.67. The number of benzene rings is 2. The quantitative estimate of drug-likeness (QED) is 0.617. The zero-order valence-corrected chi connectivity index (χ0v) is 17.7. The van der Waals surface area contributed by atoms with Gasteiger partial charge in [-0.15, -0.1) is 0 Å². The van der Waals surface area contributed by atoms with Crippen molar-refractivity contribution >= 4 is 11.6 Å². The van der Waals surface area contributed by atoms with Gasteiger partial charge in [0.15, 0.2) is 0 Å². The van der Waals surface area contributed by atoms with E-state index in [0.717, 1.165) is 28.3 Å². The molecule has 0 saturated heterocycles. The van der Waals surface area contributed by atoms with Crippen LogP contribution in [-0.4, -0.2) is 30.3 Å². The van der Waals surface area contributed by atoms with Gasteiger partial charge in [-0.25, -0.2) is 0 Å². The van der Waals surface area contributed by atoms with E-state index in [4.69, 9.17) is 4.74 Å².